The summed E-state index contributed by atoms with van der Waals surface area (Å²) in [6.45, 7) is 2.18. The second-order valence-electron chi connectivity index (χ2n) is 3.91. The Balaban J connectivity index is 2.20. The standard InChI is InChI=1S/C13H19BrOS/c1-2-3-4-5-12(15)10-16-13-8-6-11(14)7-9-13/h6-9,12,15H,2-5,10H2,1H3. The summed E-state index contributed by atoms with van der Waals surface area (Å²) < 4.78 is 1.10. The van der Waals surface area contributed by atoms with Gasteiger partial charge in [-0.25, -0.2) is 0 Å². The van der Waals surface area contributed by atoms with E-state index in [9.17, 15) is 5.11 Å². The monoisotopic (exact) mass is 302 g/mol. The highest BCUT2D eigenvalue weighted by Gasteiger charge is 2.04. The van der Waals surface area contributed by atoms with Gasteiger partial charge in [-0.05, 0) is 30.7 Å². The normalized spacial score (nSPS) is 12.7. The van der Waals surface area contributed by atoms with Crippen LogP contribution in [0.25, 0.3) is 0 Å². The molecule has 1 atom stereocenters. The lowest BCUT2D eigenvalue weighted by Gasteiger charge is -2.09. The van der Waals surface area contributed by atoms with Gasteiger partial charge < -0.3 is 5.11 Å². The van der Waals surface area contributed by atoms with E-state index in [0.717, 1.165) is 23.1 Å². The van der Waals surface area contributed by atoms with E-state index in [1.165, 1.54) is 17.7 Å². The molecule has 1 aromatic carbocycles. The zero-order valence-electron chi connectivity index (χ0n) is 9.66. The molecule has 0 heterocycles. The predicted molar refractivity (Wildman–Crippen MR) is 75.0 cm³/mol. The molecule has 0 amide bonds. The molecule has 0 aromatic heterocycles. The van der Waals surface area contributed by atoms with E-state index in [0.29, 0.717) is 0 Å². The molecular weight excluding hydrogens is 284 g/mol. The predicted octanol–water partition coefficient (Wildman–Crippen LogP) is 4.48. The van der Waals surface area contributed by atoms with E-state index in [1.54, 1.807) is 11.8 Å². The molecule has 1 unspecified atom stereocenters. The van der Waals surface area contributed by atoms with Crippen molar-refractivity contribution in [1.82, 2.24) is 0 Å². The highest BCUT2D eigenvalue weighted by Crippen LogP contribution is 2.22. The Morgan fingerprint density at radius 2 is 1.94 bits per heavy atom. The first-order valence-electron chi connectivity index (χ1n) is 5.78. The molecule has 3 heteroatoms. The third kappa shape index (κ3) is 5.92. The maximum Gasteiger partial charge on any atom is 0.0634 e. The van der Waals surface area contributed by atoms with Crippen molar-refractivity contribution in [1.29, 1.82) is 0 Å². The van der Waals surface area contributed by atoms with Gasteiger partial charge >= 0.3 is 0 Å². The molecule has 1 aromatic rings. The maximum absolute atomic E-state index is 9.76. The van der Waals surface area contributed by atoms with Crippen LogP contribution in [-0.2, 0) is 0 Å². The number of halogens is 1. The van der Waals surface area contributed by atoms with Crippen LogP contribution in [0.3, 0.4) is 0 Å². The summed E-state index contributed by atoms with van der Waals surface area (Å²) in [5.74, 6) is 0.797. The SMILES string of the molecule is CCCCCC(O)CSc1ccc(Br)cc1. The molecule has 0 radical (unpaired) electrons. The first-order valence-corrected chi connectivity index (χ1v) is 7.56. The van der Waals surface area contributed by atoms with Gasteiger partial charge in [0.15, 0.2) is 0 Å². The quantitative estimate of drug-likeness (QED) is 0.592. The molecule has 0 aliphatic carbocycles. The Morgan fingerprint density at radius 3 is 2.56 bits per heavy atom. The lowest BCUT2D eigenvalue weighted by Crippen LogP contribution is -2.09. The molecule has 1 N–H and O–H groups in total. The first-order chi connectivity index (χ1) is 7.72. The van der Waals surface area contributed by atoms with Gasteiger partial charge in [0.1, 0.15) is 0 Å². The molecule has 16 heavy (non-hydrogen) atoms. The van der Waals surface area contributed by atoms with E-state index in [-0.39, 0.29) is 6.10 Å². The third-order valence-electron chi connectivity index (χ3n) is 2.40. The molecule has 0 spiro atoms. The Bertz CT molecular complexity index is 286. The van der Waals surface area contributed by atoms with E-state index in [4.69, 9.17) is 0 Å². The minimum atomic E-state index is -0.166. The molecule has 0 aliphatic heterocycles. The third-order valence-corrected chi connectivity index (χ3v) is 4.08. The number of aliphatic hydroxyl groups is 1. The summed E-state index contributed by atoms with van der Waals surface area (Å²) in [6, 6.07) is 8.22. The maximum atomic E-state index is 9.76. The van der Waals surface area contributed by atoms with Crippen LogP contribution < -0.4 is 0 Å². The number of aliphatic hydroxyl groups excluding tert-OH is 1. The van der Waals surface area contributed by atoms with Crippen molar-refractivity contribution in [2.24, 2.45) is 0 Å². The van der Waals surface area contributed by atoms with Crippen molar-refractivity contribution < 1.29 is 5.11 Å². The van der Waals surface area contributed by atoms with Gasteiger partial charge in [0.2, 0.25) is 0 Å². The highest BCUT2D eigenvalue weighted by molar-refractivity contribution is 9.10. The molecule has 0 aliphatic rings. The van der Waals surface area contributed by atoms with E-state index in [2.05, 4.69) is 35.0 Å². The van der Waals surface area contributed by atoms with E-state index in [1.807, 2.05) is 12.1 Å². The average molecular weight is 303 g/mol. The summed E-state index contributed by atoms with van der Waals surface area (Å²) in [5.41, 5.74) is 0. The fourth-order valence-corrected chi connectivity index (χ4v) is 2.58. The van der Waals surface area contributed by atoms with Crippen LogP contribution in [-0.4, -0.2) is 17.0 Å². The minimum absolute atomic E-state index is 0.166. The molecule has 0 saturated heterocycles. The number of hydrogen-bond acceptors (Lipinski definition) is 2. The number of benzene rings is 1. The van der Waals surface area contributed by atoms with E-state index < -0.39 is 0 Å². The highest BCUT2D eigenvalue weighted by atomic mass is 79.9. The van der Waals surface area contributed by atoms with Gasteiger partial charge in [-0.3, -0.25) is 0 Å². The average Bonchev–Trinajstić information content (AvgIpc) is 2.29. The molecule has 0 saturated carbocycles. The number of hydrogen-bond donors (Lipinski definition) is 1. The number of thioether (sulfide) groups is 1. The van der Waals surface area contributed by atoms with Crippen LogP contribution in [0.4, 0.5) is 0 Å². The molecule has 90 valence electrons. The van der Waals surface area contributed by atoms with Crippen LogP contribution in [0.1, 0.15) is 32.6 Å². The van der Waals surface area contributed by atoms with Gasteiger partial charge in [-0.2, -0.15) is 0 Å². The van der Waals surface area contributed by atoms with Crippen LogP contribution in [0.15, 0.2) is 33.6 Å². The second kappa shape index (κ2) is 8.15. The van der Waals surface area contributed by atoms with Crippen LogP contribution in [0.2, 0.25) is 0 Å². The smallest absolute Gasteiger partial charge is 0.0634 e. The minimum Gasteiger partial charge on any atom is -0.392 e. The largest absolute Gasteiger partial charge is 0.392 e. The molecule has 0 fully saturated rings. The first kappa shape index (κ1) is 14.1. The zero-order valence-corrected chi connectivity index (χ0v) is 12.1. The molecule has 0 bridgehead atoms. The van der Waals surface area contributed by atoms with Crippen molar-refractivity contribution in [2.45, 2.75) is 43.6 Å². The molecular formula is C13H19BrOS. The summed E-state index contributed by atoms with van der Waals surface area (Å²) in [7, 11) is 0. The van der Waals surface area contributed by atoms with Gasteiger partial charge in [-0.15, -0.1) is 11.8 Å². The fourth-order valence-electron chi connectivity index (χ4n) is 1.44. The summed E-state index contributed by atoms with van der Waals surface area (Å²) >= 11 is 5.13. The van der Waals surface area contributed by atoms with Crippen molar-refractivity contribution in [3.63, 3.8) is 0 Å². The second-order valence-corrected chi connectivity index (χ2v) is 5.92. The van der Waals surface area contributed by atoms with Crippen LogP contribution >= 0.6 is 27.7 Å². The molecule has 1 nitrogen and oxygen atoms in total. The lowest BCUT2D eigenvalue weighted by atomic mass is 10.1. The van der Waals surface area contributed by atoms with Crippen LogP contribution in [0, 0.1) is 0 Å². The van der Waals surface area contributed by atoms with Gasteiger partial charge in [0, 0.05) is 15.1 Å². The van der Waals surface area contributed by atoms with Crippen molar-refractivity contribution >= 4 is 27.7 Å². The Labute approximate surface area is 111 Å². The summed E-state index contributed by atoms with van der Waals surface area (Å²) in [4.78, 5) is 1.22. The Kier molecular flexibility index (Phi) is 7.17. The van der Waals surface area contributed by atoms with E-state index >= 15 is 0 Å². The van der Waals surface area contributed by atoms with Crippen molar-refractivity contribution in [2.75, 3.05) is 5.75 Å². The van der Waals surface area contributed by atoms with Gasteiger partial charge in [0.25, 0.3) is 0 Å². The summed E-state index contributed by atoms with van der Waals surface area (Å²) in [5, 5.41) is 9.76. The van der Waals surface area contributed by atoms with Crippen molar-refractivity contribution in [3.05, 3.63) is 28.7 Å². The van der Waals surface area contributed by atoms with Gasteiger partial charge in [0.05, 0.1) is 6.10 Å². The number of rotatable bonds is 7. The Hall–Kier alpha value is 0.01000. The fraction of sp³-hybridized carbons (Fsp3) is 0.538. The topological polar surface area (TPSA) is 20.2 Å². The number of unbranched alkanes of at least 4 members (excludes halogenated alkanes) is 2. The lowest BCUT2D eigenvalue weighted by molar-refractivity contribution is 0.185. The van der Waals surface area contributed by atoms with Crippen LogP contribution in [0.5, 0.6) is 0 Å². The van der Waals surface area contributed by atoms with Crippen molar-refractivity contribution in [3.8, 4) is 0 Å². The zero-order chi connectivity index (χ0) is 11.8. The summed E-state index contributed by atoms with van der Waals surface area (Å²) in [6.07, 6.45) is 4.34. The Morgan fingerprint density at radius 1 is 1.25 bits per heavy atom. The molecule has 1 rings (SSSR count). The van der Waals surface area contributed by atoms with Gasteiger partial charge in [-0.1, -0.05) is 42.1 Å².